The van der Waals surface area contributed by atoms with E-state index >= 15 is 0 Å². The molecule has 2 N–H and O–H groups in total. The number of rotatable bonds is 7. The highest BCUT2D eigenvalue weighted by Gasteiger charge is 2.17. The molecule has 0 spiro atoms. The molecule has 0 bridgehead atoms. The third-order valence-electron chi connectivity index (χ3n) is 3.63. The van der Waals surface area contributed by atoms with E-state index in [9.17, 15) is 14.0 Å². The zero-order chi connectivity index (χ0) is 19.9. The van der Waals surface area contributed by atoms with Crippen molar-refractivity contribution in [2.45, 2.75) is 19.6 Å². The number of hydrogen-bond acceptors (Lipinski definition) is 6. The van der Waals surface area contributed by atoms with Gasteiger partial charge < -0.3 is 9.47 Å². The number of halogens is 1. The molecule has 0 fully saturated rings. The SMILES string of the molecule is C[C@@H](Oc1ccccc1F)C(=O)NNC(=O)COCc1nc2ccccc2s1. The number of benzene rings is 2. The summed E-state index contributed by atoms with van der Waals surface area (Å²) in [4.78, 5) is 28.1. The molecule has 0 radical (unpaired) electrons. The molecule has 1 heterocycles. The number of aromatic nitrogens is 1. The van der Waals surface area contributed by atoms with Crippen LogP contribution in [-0.4, -0.2) is 29.5 Å². The lowest BCUT2D eigenvalue weighted by atomic mass is 10.3. The summed E-state index contributed by atoms with van der Waals surface area (Å²) < 4.78 is 25.1. The number of carbonyl (C=O) groups is 2. The van der Waals surface area contributed by atoms with Crippen LogP contribution in [0.3, 0.4) is 0 Å². The van der Waals surface area contributed by atoms with E-state index in [4.69, 9.17) is 9.47 Å². The van der Waals surface area contributed by atoms with Crippen molar-refractivity contribution in [2.24, 2.45) is 0 Å². The number of hydrogen-bond donors (Lipinski definition) is 2. The van der Waals surface area contributed by atoms with Gasteiger partial charge >= 0.3 is 0 Å². The lowest BCUT2D eigenvalue weighted by Gasteiger charge is -2.15. The molecule has 0 aliphatic rings. The van der Waals surface area contributed by atoms with Crippen molar-refractivity contribution < 1.29 is 23.5 Å². The average molecular weight is 403 g/mol. The van der Waals surface area contributed by atoms with Crippen LogP contribution >= 0.6 is 11.3 Å². The molecule has 2 amide bonds. The fraction of sp³-hybridized carbons (Fsp3) is 0.211. The molecule has 2 aromatic carbocycles. The minimum atomic E-state index is -0.999. The minimum absolute atomic E-state index is 0.0457. The van der Waals surface area contributed by atoms with E-state index in [1.165, 1.54) is 36.5 Å². The molecule has 1 aromatic heterocycles. The van der Waals surface area contributed by atoms with Crippen LogP contribution in [0, 0.1) is 5.82 Å². The van der Waals surface area contributed by atoms with Gasteiger partial charge in [-0.15, -0.1) is 11.3 Å². The molecule has 9 heteroatoms. The Morgan fingerprint density at radius 2 is 1.89 bits per heavy atom. The number of ether oxygens (including phenoxy) is 2. The van der Waals surface area contributed by atoms with Crippen molar-refractivity contribution in [3.05, 3.63) is 59.4 Å². The maximum absolute atomic E-state index is 13.5. The van der Waals surface area contributed by atoms with Crippen molar-refractivity contribution in [2.75, 3.05) is 6.61 Å². The molecule has 0 aliphatic carbocycles. The maximum atomic E-state index is 13.5. The topological polar surface area (TPSA) is 89.6 Å². The van der Waals surface area contributed by atoms with Crippen LogP contribution in [0.15, 0.2) is 48.5 Å². The molecule has 0 saturated carbocycles. The second-order valence-corrected chi connectivity index (χ2v) is 6.91. The highest BCUT2D eigenvalue weighted by molar-refractivity contribution is 7.18. The van der Waals surface area contributed by atoms with Crippen molar-refractivity contribution in [3.8, 4) is 5.75 Å². The van der Waals surface area contributed by atoms with Crippen molar-refractivity contribution in [1.82, 2.24) is 15.8 Å². The van der Waals surface area contributed by atoms with Crippen LogP contribution in [0.1, 0.15) is 11.9 Å². The Labute approximate surface area is 164 Å². The number of nitrogens with one attached hydrogen (secondary N) is 2. The Hall–Kier alpha value is -3.04. The molecular formula is C19H18FN3O4S. The summed E-state index contributed by atoms with van der Waals surface area (Å²) in [5, 5.41) is 0.755. The fourth-order valence-electron chi connectivity index (χ4n) is 2.27. The first-order chi connectivity index (χ1) is 13.5. The summed E-state index contributed by atoms with van der Waals surface area (Å²) in [5.74, 6) is -1.78. The van der Waals surface area contributed by atoms with Crippen LogP contribution in [0.4, 0.5) is 4.39 Å². The van der Waals surface area contributed by atoms with Gasteiger partial charge in [0.25, 0.3) is 11.8 Å². The van der Waals surface area contributed by atoms with Gasteiger partial charge in [-0.05, 0) is 31.2 Å². The largest absolute Gasteiger partial charge is 0.478 e. The lowest BCUT2D eigenvalue weighted by molar-refractivity contribution is -0.134. The number of amides is 2. The fourth-order valence-corrected chi connectivity index (χ4v) is 3.17. The molecule has 3 rings (SSSR count). The Balaban J connectivity index is 1.38. The van der Waals surface area contributed by atoms with Crippen LogP contribution in [0.2, 0.25) is 0 Å². The molecular weight excluding hydrogens is 385 g/mol. The molecule has 0 aliphatic heterocycles. The van der Waals surface area contributed by atoms with Crippen LogP contribution in [0.25, 0.3) is 10.2 Å². The second-order valence-electron chi connectivity index (χ2n) is 5.80. The first-order valence-electron chi connectivity index (χ1n) is 8.45. The summed E-state index contributed by atoms with van der Waals surface area (Å²) >= 11 is 1.49. The second kappa shape index (κ2) is 9.25. The molecule has 28 heavy (non-hydrogen) atoms. The third-order valence-corrected chi connectivity index (χ3v) is 4.64. The van der Waals surface area contributed by atoms with Gasteiger partial charge in [-0.2, -0.15) is 0 Å². The van der Waals surface area contributed by atoms with E-state index in [2.05, 4.69) is 15.8 Å². The molecule has 3 aromatic rings. The van der Waals surface area contributed by atoms with Crippen molar-refractivity contribution in [1.29, 1.82) is 0 Å². The number of hydrazine groups is 1. The van der Waals surface area contributed by atoms with Gasteiger partial charge in [0, 0.05) is 0 Å². The van der Waals surface area contributed by atoms with Gasteiger partial charge in [-0.1, -0.05) is 24.3 Å². The maximum Gasteiger partial charge on any atom is 0.279 e. The van der Waals surface area contributed by atoms with Gasteiger partial charge in [0.15, 0.2) is 17.7 Å². The van der Waals surface area contributed by atoms with Crippen LogP contribution in [-0.2, 0) is 20.9 Å². The Bertz CT molecular complexity index is 945. The first-order valence-corrected chi connectivity index (χ1v) is 9.26. The third kappa shape index (κ3) is 5.24. The van der Waals surface area contributed by atoms with Gasteiger partial charge in [0.05, 0.1) is 16.8 Å². The zero-order valence-corrected chi connectivity index (χ0v) is 15.8. The standard InChI is InChI=1S/C19H18FN3O4S/c1-12(27-15-8-4-2-6-13(15)20)19(25)23-22-17(24)10-26-11-18-21-14-7-3-5-9-16(14)28-18/h2-9,12H,10-11H2,1H3,(H,22,24)(H,23,25)/t12-/m1/s1. The minimum Gasteiger partial charge on any atom is -0.478 e. The number of thiazole rings is 1. The van der Waals surface area contributed by atoms with E-state index < -0.39 is 23.7 Å². The summed E-state index contributed by atoms with van der Waals surface area (Å²) in [7, 11) is 0. The summed E-state index contributed by atoms with van der Waals surface area (Å²) in [6, 6.07) is 13.4. The van der Waals surface area contributed by atoms with Gasteiger partial charge in [0.1, 0.15) is 11.6 Å². The molecule has 7 nitrogen and oxygen atoms in total. The molecule has 1 atom stereocenters. The molecule has 0 unspecified atom stereocenters. The van der Waals surface area contributed by atoms with Gasteiger partial charge in [-0.3, -0.25) is 20.4 Å². The average Bonchev–Trinajstić information content (AvgIpc) is 3.10. The number of para-hydroxylation sites is 2. The number of nitrogens with zero attached hydrogens (tertiary/aromatic N) is 1. The predicted octanol–water partition coefficient (Wildman–Crippen LogP) is 2.57. The quantitative estimate of drug-likeness (QED) is 0.592. The van der Waals surface area contributed by atoms with Gasteiger partial charge in [0.2, 0.25) is 0 Å². The molecule has 0 saturated heterocycles. The summed E-state index contributed by atoms with van der Waals surface area (Å²) in [6.07, 6.45) is -0.999. The zero-order valence-electron chi connectivity index (χ0n) is 15.0. The molecule has 146 valence electrons. The van der Waals surface area contributed by atoms with E-state index in [0.29, 0.717) is 0 Å². The normalized spacial score (nSPS) is 11.8. The van der Waals surface area contributed by atoms with E-state index in [1.54, 1.807) is 6.07 Å². The van der Waals surface area contributed by atoms with Crippen LogP contribution < -0.4 is 15.6 Å². The highest BCUT2D eigenvalue weighted by atomic mass is 32.1. The van der Waals surface area contributed by atoms with Gasteiger partial charge in [-0.25, -0.2) is 9.37 Å². The van der Waals surface area contributed by atoms with E-state index in [-0.39, 0.29) is 19.0 Å². The van der Waals surface area contributed by atoms with E-state index in [0.717, 1.165) is 15.2 Å². The van der Waals surface area contributed by atoms with E-state index in [1.807, 2.05) is 24.3 Å². The lowest BCUT2D eigenvalue weighted by Crippen LogP contribution is -2.48. The van der Waals surface area contributed by atoms with Crippen molar-refractivity contribution >= 4 is 33.4 Å². The number of fused-ring (bicyclic) bond motifs is 1. The summed E-state index contributed by atoms with van der Waals surface area (Å²) in [5.41, 5.74) is 5.32. The smallest absolute Gasteiger partial charge is 0.279 e. The predicted molar refractivity (Wildman–Crippen MR) is 102 cm³/mol. The Morgan fingerprint density at radius 3 is 2.68 bits per heavy atom. The first kappa shape index (κ1) is 19.7. The Kier molecular flexibility index (Phi) is 6.51. The Morgan fingerprint density at radius 1 is 1.14 bits per heavy atom. The highest BCUT2D eigenvalue weighted by Crippen LogP contribution is 2.21. The number of carbonyl (C=O) groups excluding carboxylic acids is 2. The van der Waals surface area contributed by atoms with Crippen molar-refractivity contribution in [3.63, 3.8) is 0 Å². The monoisotopic (exact) mass is 403 g/mol. The summed E-state index contributed by atoms with van der Waals surface area (Å²) in [6.45, 7) is 1.38. The van der Waals surface area contributed by atoms with Crippen LogP contribution in [0.5, 0.6) is 5.75 Å².